The summed E-state index contributed by atoms with van der Waals surface area (Å²) >= 11 is 11.6. The fourth-order valence-corrected chi connectivity index (χ4v) is 1.97. The van der Waals surface area contributed by atoms with Crippen LogP contribution < -0.4 is 0 Å². The first-order valence-electron chi connectivity index (χ1n) is 3.92. The second-order valence-corrected chi connectivity index (χ2v) is 3.77. The van der Waals surface area contributed by atoms with E-state index >= 15 is 0 Å². The molecular formula is C9H6Cl2O3. The fourth-order valence-electron chi connectivity index (χ4n) is 1.50. The number of ether oxygens (including phenoxy) is 1. The van der Waals surface area contributed by atoms with Gasteiger partial charge >= 0.3 is 5.97 Å². The van der Waals surface area contributed by atoms with Crippen molar-refractivity contribution in [3.63, 3.8) is 0 Å². The van der Waals surface area contributed by atoms with Crippen LogP contribution in [0.2, 0.25) is 10.0 Å². The smallest absolute Gasteiger partial charge is 0.337 e. The third kappa shape index (κ3) is 1.38. The molecule has 0 atom stereocenters. The number of carbonyl (C=O) groups is 1. The molecule has 1 aliphatic heterocycles. The number of carboxylic acids is 1. The molecule has 0 saturated heterocycles. The number of rotatable bonds is 1. The maximum atomic E-state index is 10.9. The number of hydrogen-bond donors (Lipinski definition) is 1. The van der Waals surface area contributed by atoms with Crippen LogP contribution in [0.1, 0.15) is 21.5 Å². The Morgan fingerprint density at radius 2 is 2.14 bits per heavy atom. The van der Waals surface area contributed by atoms with Gasteiger partial charge in [0.25, 0.3) is 0 Å². The molecule has 0 saturated carbocycles. The summed E-state index contributed by atoms with van der Waals surface area (Å²) in [6.45, 7) is 0.681. The van der Waals surface area contributed by atoms with E-state index in [0.717, 1.165) is 5.56 Å². The molecule has 74 valence electrons. The summed E-state index contributed by atoms with van der Waals surface area (Å²) in [6.07, 6.45) is 0. The number of carboxylic acid groups (broad SMARTS) is 1. The lowest BCUT2D eigenvalue weighted by Crippen LogP contribution is -2.03. The van der Waals surface area contributed by atoms with E-state index in [2.05, 4.69) is 0 Å². The van der Waals surface area contributed by atoms with Gasteiger partial charge < -0.3 is 9.84 Å². The summed E-state index contributed by atoms with van der Waals surface area (Å²) in [7, 11) is 0. The van der Waals surface area contributed by atoms with Crippen LogP contribution in [0.5, 0.6) is 0 Å². The highest BCUT2D eigenvalue weighted by atomic mass is 35.5. The van der Waals surface area contributed by atoms with Gasteiger partial charge in [-0.05, 0) is 17.2 Å². The molecule has 1 N–H and O–H groups in total. The first-order valence-corrected chi connectivity index (χ1v) is 4.67. The molecule has 0 spiro atoms. The largest absolute Gasteiger partial charge is 0.478 e. The van der Waals surface area contributed by atoms with Crippen LogP contribution in [-0.2, 0) is 18.0 Å². The molecular weight excluding hydrogens is 227 g/mol. The molecule has 0 aliphatic carbocycles. The first-order chi connectivity index (χ1) is 6.61. The Balaban J connectivity index is 2.72. The van der Waals surface area contributed by atoms with E-state index in [0.29, 0.717) is 12.2 Å². The highest BCUT2D eigenvalue weighted by Crippen LogP contribution is 2.34. The quantitative estimate of drug-likeness (QED) is 0.811. The van der Waals surface area contributed by atoms with Crippen molar-refractivity contribution in [1.82, 2.24) is 0 Å². The molecule has 0 radical (unpaired) electrons. The van der Waals surface area contributed by atoms with Gasteiger partial charge in [0.15, 0.2) is 0 Å². The highest BCUT2D eigenvalue weighted by molar-refractivity contribution is 6.43. The van der Waals surface area contributed by atoms with Crippen LogP contribution in [0.25, 0.3) is 0 Å². The fraction of sp³-hybridized carbons (Fsp3) is 0.222. The summed E-state index contributed by atoms with van der Waals surface area (Å²) in [6, 6.07) is 1.65. The van der Waals surface area contributed by atoms with E-state index < -0.39 is 5.97 Å². The number of hydrogen-bond acceptors (Lipinski definition) is 2. The minimum absolute atomic E-state index is 0.0617. The van der Waals surface area contributed by atoms with Gasteiger partial charge in [-0.15, -0.1) is 0 Å². The third-order valence-corrected chi connectivity index (χ3v) is 2.92. The lowest BCUT2D eigenvalue weighted by Gasteiger charge is -2.06. The number of benzene rings is 1. The summed E-state index contributed by atoms with van der Waals surface area (Å²) in [5, 5.41) is 9.30. The van der Waals surface area contributed by atoms with Gasteiger partial charge in [0.2, 0.25) is 0 Å². The average Bonchev–Trinajstić information content (AvgIpc) is 2.52. The van der Waals surface area contributed by atoms with Crippen molar-refractivity contribution >= 4 is 29.2 Å². The third-order valence-electron chi connectivity index (χ3n) is 2.14. The Bertz CT molecular complexity index is 415. The molecule has 1 aliphatic rings. The summed E-state index contributed by atoms with van der Waals surface area (Å²) < 4.78 is 5.14. The van der Waals surface area contributed by atoms with Crippen molar-refractivity contribution in [3.8, 4) is 0 Å². The van der Waals surface area contributed by atoms with E-state index in [-0.39, 0.29) is 22.2 Å². The number of halogens is 2. The van der Waals surface area contributed by atoms with Gasteiger partial charge in [-0.25, -0.2) is 4.79 Å². The van der Waals surface area contributed by atoms with E-state index in [1.54, 1.807) is 6.07 Å². The Hall–Kier alpha value is -0.770. The standard InChI is InChI=1S/C9H6Cl2O3/c10-6-1-4-2-14-3-5(4)7(8(6)11)9(12)13/h1H,2-3H2,(H,12,13). The second-order valence-electron chi connectivity index (χ2n) is 2.98. The molecule has 0 unspecified atom stereocenters. The van der Waals surface area contributed by atoms with Crippen LogP contribution in [0.4, 0.5) is 0 Å². The first kappa shape index (κ1) is 9.77. The number of aromatic carboxylic acids is 1. The van der Waals surface area contributed by atoms with Crippen molar-refractivity contribution in [2.24, 2.45) is 0 Å². The normalized spacial score (nSPS) is 14.1. The molecule has 0 fully saturated rings. The van der Waals surface area contributed by atoms with Crippen LogP contribution in [-0.4, -0.2) is 11.1 Å². The average molecular weight is 233 g/mol. The van der Waals surface area contributed by atoms with Crippen molar-refractivity contribution in [2.45, 2.75) is 13.2 Å². The van der Waals surface area contributed by atoms with Crippen LogP contribution >= 0.6 is 23.2 Å². The molecule has 0 bridgehead atoms. The molecule has 1 heterocycles. The zero-order chi connectivity index (χ0) is 10.3. The van der Waals surface area contributed by atoms with E-state index in [1.165, 1.54) is 0 Å². The van der Waals surface area contributed by atoms with Gasteiger partial charge in [-0.1, -0.05) is 23.2 Å². The van der Waals surface area contributed by atoms with Gasteiger partial charge in [-0.3, -0.25) is 0 Å². The lowest BCUT2D eigenvalue weighted by molar-refractivity contribution is 0.0692. The van der Waals surface area contributed by atoms with E-state index in [4.69, 9.17) is 33.0 Å². The van der Waals surface area contributed by atoms with Gasteiger partial charge in [0, 0.05) is 0 Å². The lowest BCUT2D eigenvalue weighted by atomic mass is 10.0. The van der Waals surface area contributed by atoms with E-state index in [1.807, 2.05) is 0 Å². The van der Waals surface area contributed by atoms with Crippen molar-refractivity contribution in [1.29, 1.82) is 0 Å². The predicted molar refractivity (Wildman–Crippen MR) is 51.9 cm³/mol. The summed E-state index contributed by atoms with van der Waals surface area (Å²) in [4.78, 5) is 10.9. The Kier molecular flexibility index (Phi) is 2.39. The van der Waals surface area contributed by atoms with Crippen LogP contribution in [0.3, 0.4) is 0 Å². The molecule has 14 heavy (non-hydrogen) atoms. The predicted octanol–water partition coefficient (Wildman–Crippen LogP) is 2.72. The maximum Gasteiger partial charge on any atom is 0.337 e. The molecule has 0 amide bonds. The molecule has 1 aromatic rings. The molecule has 2 rings (SSSR count). The highest BCUT2D eigenvalue weighted by Gasteiger charge is 2.24. The minimum atomic E-state index is -1.07. The molecule has 1 aromatic carbocycles. The van der Waals surface area contributed by atoms with Crippen molar-refractivity contribution < 1.29 is 14.6 Å². The topological polar surface area (TPSA) is 46.5 Å². The summed E-state index contributed by atoms with van der Waals surface area (Å²) in [5.74, 6) is -1.07. The number of fused-ring (bicyclic) bond motifs is 1. The van der Waals surface area contributed by atoms with Crippen molar-refractivity contribution in [3.05, 3.63) is 32.8 Å². The molecule has 5 heteroatoms. The Morgan fingerprint density at radius 3 is 2.79 bits per heavy atom. The van der Waals surface area contributed by atoms with Crippen LogP contribution in [0.15, 0.2) is 6.07 Å². The Labute approximate surface area is 90.2 Å². The minimum Gasteiger partial charge on any atom is -0.478 e. The van der Waals surface area contributed by atoms with Gasteiger partial charge in [-0.2, -0.15) is 0 Å². The van der Waals surface area contributed by atoms with Crippen LogP contribution in [0, 0.1) is 0 Å². The van der Waals surface area contributed by atoms with Gasteiger partial charge in [0.05, 0.1) is 28.8 Å². The maximum absolute atomic E-state index is 10.9. The summed E-state index contributed by atoms with van der Waals surface area (Å²) in [5.41, 5.74) is 1.50. The SMILES string of the molecule is O=C(O)c1c(Cl)c(Cl)cc2c1COC2. The zero-order valence-corrected chi connectivity index (χ0v) is 8.52. The van der Waals surface area contributed by atoms with Crippen molar-refractivity contribution in [2.75, 3.05) is 0 Å². The molecule has 3 nitrogen and oxygen atoms in total. The zero-order valence-electron chi connectivity index (χ0n) is 7.01. The second kappa shape index (κ2) is 3.42. The molecule has 0 aromatic heterocycles. The van der Waals surface area contributed by atoms with Gasteiger partial charge in [0.1, 0.15) is 0 Å². The van der Waals surface area contributed by atoms with E-state index in [9.17, 15) is 4.79 Å². The Morgan fingerprint density at radius 1 is 1.43 bits per heavy atom. The monoisotopic (exact) mass is 232 g/mol.